The number of anilines is 1. The molecule has 0 spiro atoms. The van der Waals surface area contributed by atoms with Crippen LogP contribution in [0.2, 0.25) is 0 Å². The summed E-state index contributed by atoms with van der Waals surface area (Å²) in [6, 6.07) is 0. The van der Waals surface area contributed by atoms with Crippen LogP contribution in [-0.2, 0) is 9.59 Å². The molecule has 8 nitrogen and oxygen atoms in total. The largest absolute Gasteiger partial charge is 0.348 e. The molecule has 2 amide bonds. The zero-order valence-corrected chi connectivity index (χ0v) is 11.3. The summed E-state index contributed by atoms with van der Waals surface area (Å²) in [4.78, 5) is 28.8. The maximum atomic E-state index is 11.5. The van der Waals surface area contributed by atoms with E-state index in [1.165, 1.54) is 6.33 Å². The second-order valence-corrected chi connectivity index (χ2v) is 3.92. The number of carbonyl (C=O) groups excluding carboxylic acids is 2. The first-order valence-electron chi connectivity index (χ1n) is 6.34. The van der Waals surface area contributed by atoms with Gasteiger partial charge in [-0.25, -0.2) is 5.10 Å². The third kappa shape index (κ3) is 5.47. The van der Waals surface area contributed by atoms with Gasteiger partial charge in [-0.15, -0.1) is 0 Å². The Morgan fingerprint density at radius 3 is 2.63 bits per heavy atom. The third-order valence-electron chi connectivity index (χ3n) is 2.68. The fraction of sp³-hybridized carbons (Fsp3) is 0.636. The van der Waals surface area contributed by atoms with Gasteiger partial charge in [0.15, 0.2) is 0 Å². The number of nitrogens with zero attached hydrogens (tertiary/aromatic N) is 3. The predicted molar refractivity (Wildman–Crippen MR) is 70.4 cm³/mol. The van der Waals surface area contributed by atoms with E-state index in [1.807, 2.05) is 0 Å². The van der Waals surface area contributed by atoms with Crippen LogP contribution in [0.15, 0.2) is 6.33 Å². The van der Waals surface area contributed by atoms with Crippen molar-refractivity contribution in [3.05, 3.63) is 6.33 Å². The van der Waals surface area contributed by atoms with Crippen LogP contribution in [0.3, 0.4) is 0 Å². The third-order valence-corrected chi connectivity index (χ3v) is 2.68. The lowest BCUT2D eigenvalue weighted by molar-refractivity contribution is -0.136. The van der Waals surface area contributed by atoms with E-state index in [2.05, 4.69) is 44.6 Å². The Kier molecular flexibility index (Phi) is 6.51. The minimum atomic E-state index is -0.750. The molecule has 1 aromatic rings. The molecular formula is C11H20N6O2. The van der Waals surface area contributed by atoms with Gasteiger partial charge in [0.25, 0.3) is 0 Å². The molecule has 106 valence electrons. The normalized spacial score (nSPS) is 10.5. The van der Waals surface area contributed by atoms with Crippen molar-refractivity contribution >= 4 is 17.8 Å². The van der Waals surface area contributed by atoms with Crippen molar-refractivity contribution in [1.29, 1.82) is 0 Å². The second kappa shape index (κ2) is 8.20. The molecule has 1 aromatic heterocycles. The maximum absolute atomic E-state index is 11.5. The van der Waals surface area contributed by atoms with Gasteiger partial charge in [-0.2, -0.15) is 10.1 Å². The molecule has 8 heteroatoms. The molecular weight excluding hydrogens is 248 g/mol. The quantitative estimate of drug-likeness (QED) is 0.461. The van der Waals surface area contributed by atoms with E-state index >= 15 is 0 Å². The van der Waals surface area contributed by atoms with Crippen molar-refractivity contribution in [1.82, 2.24) is 25.4 Å². The van der Waals surface area contributed by atoms with Crippen LogP contribution in [0.5, 0.6) is 0 Å². The fourth-order valence-corrected chi connectivity index (χ4v) is 1.55. The first-order chi connectivity index (χ1) is 9.17. The van der Waals surface area contributed by atoms with Crippen molar-refractivity contribution in [3.63, 3.8) is 0 Å². The maximum Gasteiger partial charge on any atom is 0.316 e. The number of aromatic amines is 1. The Balaban J connectivity index is 2.18. The van der Waals surface area contributed by atoms with E-state index < -0.39 is 11.8 Å². The molecule has 0 radical (unpaired) electrons. The average Bonchev–Trinajstić information content (AvgIpc) is 2.91. The Morgan fingerprint density at radius 2 is 2.05 bits per heavy atom. The summed E-state index contributed by atoms with van der Waals surface area (Å²) < 4.78 is 0. The molecule has 0 aliphatic rings. The first kappa shape index (κ1) is 15.1. The molecule has 0 unspecified atom stereocenters. The number of carbonyl (C=O) groups is 2. The van der Waals surface area contributed by atoms with E-state index in [-0.39, 0.29) is 5.95 Å². The van der Waals surface area contributed by atoms with Gasteiger partial charge in [-0.05, 0) is 26.1 Å². The van der Waals surface area contributed by atoms with Crippen LogP contribution in [0.1, 0.15) is 20.3 Å². The van der Waals surface area contributed by atoms with E-state index in [0.29, 0.717) is 6.54 Å². The number of hydrogen-bond donors (Lipinski definition) is 3. The van der Waals surface area contributed by atoms with Crippen molar-refractivity contribution in [2.75, 3.05) is 31.5 Å². The lowest BCUT2D eigenvalue weighted by atomic mass is 10.3. The lowest BCUT2D eigenvalue weighted by Crippen LogP contribution is -2.37. The van der Waals surface area contributed by atoms with Gasteiger partial charge in [-0.3, -0.25) is 14.9 Å². The van der Waals surface area contributed by atoms with Crippen LogP contribution < -0.4 is 10.6 Å². The number of rotatable bonds is 7. The van der Waals surface area contributed by atoms with Crippen LogP contribution in [0.4, 0.5) is 5.95 Å². The summed E-state index contributed by atoms with van der Waals surface area (Å²) >= 11 is 0. The van der Waals surface area contributed by atoms with Crippen LogP contribution >= 0.6 is 0 Å². The monoisotopic (exact) mass is 268 g/mol. The highest BCUT2D eigenvalue weighted by molar-refractivity contribution is 6.39. The molecule has 0 aliphatic heterocycles. The molecule has 19 heavy (non-hydrogen) atoms. The lowest BCUT2D eigenvalue weighted by Gasteiger charge is -2.17. The van der Waals surface area contributed by atoms with E-state index in [0.717, 1.165) is 26.1 Å². The van der Waals surface area contributed by atoms with Gasteiger partial charge in [-0.1, -0.05) is 13.8 Å². The van der Waals surface area contributed by atoms with Gasteiger partial charge in [0, 0.05) is 6.54 Å². The fourth-order valence-electron chi connectivity index (χ4n) is 1.55. The van der Waals surface area contributed by atoms with E-state index in [1.54, 1.807) is 0 Å². The van der Waals surface area contributed by atoms with Crippen LogP contribution in [0.25, 0.3) is 0 Å². The van der Waals surface area contributed by atoms with Crippen molar-refractivity contribution in [2.24, 2.45) is 0 Å². The summed E-state index contributed by atoms with van der Waals surface area (Å²) in [6.45, 7) is 7.52. The molecule has 0 aromatic carbocycles. The molecule has 0 atom stereocenters. The number of nitrogens with one attached hydrogen (secondary N) is 3. The topological polar surface area (TPSA) is 103 Å². The molecule has 3 N–H and O–H groups in total. The molecule has 0 fully saturated rings. The molecule has 0 bridgehead atoms. The van der Waals surface area contributed by atoms with Crippen molar-refractivity contribution < 1.29 is 9.59 Å². The summed E-state index contributed by atoms with van der Waals surface area (Å²) in [5.41, 5.74) is 0. The minimum Gasteiger partial charge on any atom is -0.348 e. The number of hydrogen-bond acceptors (Lipinski definition) is 5. The molecule has 1 heterocycles. The standard InChI is InChI=1S/C11H20N6O2/c1-3-17(4-2)7-5-6-12-9(18)10(19)15-11-13-8-14-16-11/h8H,3-7H2,1-2H3,(H,12,18)(H2,13,14,15,16,19). The summed E-state index contributed by atoms with van der Waals surface area (Å²) in [7, 11) is 0. The van der Waals surface area contributed by atoms with Gasteiger partial charge in [0.05, 0.1) is 0 Å². The van der Waals surface area contributed by atoms with Gasteiger partial charge < -0.3 is 10.2 Å². The zero-order chi connectivity index (χ0) is 14.1. The SMILES string of the molecule is CCN(CC)CCCNC(=O)C(=O)Nc1ncn[nH]1. The van der Waals surface area contributed by atoms with E-state index in [4.69, 9.17) is 0 Å². The van der Waals surface area contributed by atoms with Gasteiger partial charge in [0.1, 0.15) is 6.33 Å². The highest BCUT2D eigenvalue weighted by Gasteiger charge is 2.14. The molecule has 0 saturated heterocycles. The highest BCUT2D eigenvalue weighted by Crippen LogP contribution is 1.92. The first-order valence-corrected chi connectivity index (χ1v) is 6.34. The summed E-state index contributed by atoms with van der Waals surface area (Å²) in [5.74, 6) is -1.26. The molecule has 0 aliphatic carbocycles. The predicted octanol–water partition coefficient (Wildman–Crippen LogP) is -0.409. The number of H-pyrrole nitrogens is 1. The Hall–Kier alpha value is -1.96. The van der Waals surface area contributed by atoms with Crippen LogP contribution in [-0.4, -0.2) is 58.1 Å². The summed E-state index contributed by atoms with van der Waals surface area (Å²) in [6.07, 6.45) is 2.06. The minimum absolute atomic E-state index is 0.156. The highest BCUT2D eigenvalue weighted by atomic mass is 16.2. The Labute approximate surface area is 112 Å². The van der Waals surface area contributed by atoms with Gasteiger partial charge >= 0.3 is 11.8 Å². The number of aromatic nitrogens is 3. The summed E-state index contributed by atoms with van der Waals surface area (Å²) in [5, 5.41) is 10.9. The van der Waals surface area contributed by atoms with Crippen LogP contribution in [0, 0.1) is 0 Å². The number of amides is 2. The zero-order valence-electron chi connectivity index (χ0n) is 11.3. The Morgan fingerprint density at radius 1 is 1.32 bits per heavy atom. The van der Waals surface area contributed by atoms with Gasteiger partial charge in [0.2, 0.25) is 5.95 Å². The van der Waals surface area contributed by atoms with Crippen molar-refractivity contribution in [3.8, 4) is 0 Å². The molecule has 1 rings (SSSR count). The van der Waals surface area contributed by atoms with Crippen molar-refractivity contribution in [2.45, 2.75) is 20.3 Å². The smallest absolute Gasteiger partial charge is 0.316 e. The Bertz CT molecular complexity index is 388. The molecule has 0 saturated carbocycles. The average molecular weight is 268 g/mol. The van der Waals surface area contributed by atoms with E-state index in [9.17, 15) is 9.59 Å². The second-order valence-electron chi connectivity index (χ2n) is 3.92.